The maximum absolute atomic E-state index is 10.5. The van der Waals surface area contributed by atoms with E-state index in [1.165, 1.54) is 0 Å². The smallest absolute Gasteiger partial charge is 0.433 e. The van der Waals surface area contributed by atoms with Crippen LogP contribution in [0.4, 0.5) is 4.79 Å². The summed E-state index contributed by atoms with van der Waals surface area (Å²) >= 11 is 13.6. The lowest BCUT2D eigenvalue weighted by molar-refractivity contribution is 0.163. The summed E-state index contributed by atoms with van der Waals surface area (Å²) in [5, 5.41) is 0. The molecule has 0 heterocycles. The molecule has 64 valence electrons. The molecular formula is C5H6BrCl2NO2. The van der Waals surface area contributed by atoms with Crippen molar-refractivity contribution in [3.05, 3.63) is 0 Å². The van der Waals surface area contributed by atoms with Gasteiger partial charge in [0.2, 0.25) is 3.24 Å². The summed E-state index contributed by atoms with van der Waals surface area (Å²) in [6.45, 7) is 1.95. The van der Waals surface area contributed by atoms with Crippen molar-refractivity contribution in [3.63, 3.8) is 0 Å². The van der Waals surface area contributed by atoms with Crippen LogP contribution in [0, 0.1) is 0 Å². The van der Waals surface area contributed by atoms with Crippen LogP contribution >= 0.6 is 39.1 Å². The van der Waals surface area contributed by atoms with E-state index in [9.17, 15) is 4.79 Å². The highest BCUT2D eigenvalue weighted by Crippen LogP contribution is 2.25. The second kappa shape index (κ2) is 4.95. The summed E-state index contributed by atoms with van der Waals surface area (Å²) in [6.07, 6.45) is 0.325. The quantitative estimate of drug-likeness (QED) is 0.567. The predicted octanol–water partition coefficient (Wildman–Crippen LogP) is 2.74. The molecule has 6 heteroatoms. The lowest BCUT2D eigenvalue weighted by Gasteiger charge is -2.00. The first kappa shape index (κ1) is 11.2. The number of carbonyl (C=O) groups is 1. The van der Waals surface area contributed by atoms with Crippen molar-refractivity contribution in [3.8, 4) is 0 Å². The Balaban J connectivity index is 3.83. The first-order valence-electron chi connectivity index (χ1n) is 2.74. The fraction of sp³-hybridized carbons (Fsp3) is 0.600. The molecule has 0 spiro atoms. The maximum Gasteiger partial charge on any atom is 0.433 e. The number of alkyl halides is 3. The number of carbonyl (C=O) groups excluding carboxylic acids is 1. The molecule has 0 fully saturated rings. The van der Waals surface area contributed by atoms with Crippen molar-refractivity contribution in [2.24, 2.45) is 4.99 Å². The predicted molar refractivity (Wildman–Crippen MR) is 48.9 cm³/mol. The van der Waals surface area contributed by atoms with Gasteiger partial charge >= 0.3 is 6.09 Å². The molecule has 0 aliphatic heterocycles. The number of amides is 1. The molecule has 0 saturated carbocycles. The zero-order valence-electron chi connectivity index (χ0n) is 5.68. The number of hydrogen-bond acceptors (Lipinski definition) is 2. The number of hydrogen-bond donors (Lipinski definition) is 0. The minimum Gasteiger partial charge on any atom is -0.448 e. The highest BCUT2D eigenvalue weighted by atomic mass is 79.9. The Morgan fingerprint density at radius 2 is 2.36 bits per heavy atom. The van der Waals surface area contributed by atoms with Gasteiger partial charge in [-0.05, 0) is 22.9 Å². The Hall–Kier alpha value is 0.200. The monoisotopic (exact) mass is 261 g/mol. The van der Waals surface area contributed by atoms with Gasteiger partial charge in [-0.1, -0.05) is 23.2 Å². The largest absolute Gasteiger partial charge is 0.448 e. The SMILES string of the molecule is CCOC(=O)N=CC(Cl)(Cl)Br. The van der Waals surface area contributed by atoms with Gasteiger partial charge in [-0.25, -0.2) is 4.79 Å². The molecule has 0 aliphatic rings. The summed E-state index contributed by atoms with van der Waals surface area (Å²) in [7, 11) is 0. The van der Waals surface area contributed by atoms with Gasteiger partial charge in [0, 0.05) is 0 Å². The van der Waals surface area contributed by atoms with Crippen LogP contribution in [0.3, 0.4) is 0 Å². The van der Waals surface area contributed by atoms with Crippen molar-refractivity contribution >= 4 is 51.4 Å². The lowest BCUT2D eigenvalue weighted by Crippen LogP contribution is -2.06. The average Bonchev–Trinajstić information content (AvgIpc) is 1.83. The second-order valence-corrected chi connectivity index (χ2v) is 5.05. The molecule has 0 saturated heterocycles. The van der Waals surface area contributed by atoms with Gasteiger partial charge in [-0.15, -0.1) is 0 Å². The van der Waals surface area contributed by atoms with Crippen molar-refractivity contribution in [2.45, 2.75) is 10.2 Å². The van der Waals surface area contributed by atoms with Crippen LogP contribution in [0.1, 0.15) is 6.92 Å². The van der Waals surface area contributed by atoms with Gasteiger partial charge in [0.05, 0.1) is 12.8 Å². The first-order chi connectivity index (χ1) is 4.95. The maximum atomic E-state index is 10.5. The van der Waals surface area contributed by atoms with Crippen LogP contribution in [0.15, 0.2) is 4.99 Å². The fourth-order valence-corrected chi connectivity index (χ4v) is 0.487. The minimum absolute atomic E-state index is 0.274. The molecular weight excluding hydrogens is 257 g/mol. The van der Waals surface area contributed by atoms with Gasteiger partial charge in [0.25, 0.3) is 0 Å². The molecule has 0 bridgehead atoms. The van der Waals surface area contributed by atoms with Gasteiger partial charge in [-0.2, -0.15) is 4.99 Å². The molecule has 0 atom stereocenters. The Labute approximate surface area is 82.8 Å². The summed E-state index contributed by atoms with van der Waals surface area (Å²) in [6, 6.07) is 0. The number of rotatable bonds is 2. The van der Waals surface area contributed by atoms with Crippen LogP contribution in [-0.2, 0) is 4.74 Å². The Kier molecular flexibility index (Phi) is 5.04. The van der Waals surface area contributed by atoms with E-state index in [0.717, 1.165) is 6.21 Å². The summed E-state index contributed by atoms with van der Waals surface area (Å²) in [5.74, 6) is 0. The minimum atomic E-state index is -1.31. The second-order valence-electron chi connectivity index (χ2n) is 1.50. The van der Waals surface area contributed by atoms with Gasteiger partial charge < -0.3 is 4.74 Å². The topological polar surface area (TPSA) is 38.7 Å². The number of ether oxygens (including phenoxy) is 1. The molecule has 11 heavy (non-hydrogen) atoms. The molecule has 1 amide bonds. The van der Waals surface area contributed by atoms with Crippen LogP contribution in [-0.4, -0.2) is 22.2 Å². The molecule has 3 nitrogen and oxygen atoms in total. The molecule has 0 rings (SSSR count). The van der Waals surface area contributed by atoms with Gasteiger partial charge in [0.15, 0.2) is 0 Å². The van der Waals surface area contributed by atoms with Gasteiger partial charge in [0.1, 0.15) is 0 Å². The van der Waals surface area contributed by atoms with E-state index < -0.39 is 9.34 Å². The molecule has 0 unspecified atom stereocenters. The normalized spacial score (nSPS) is 12.0. The molecule has 0 aromatic rings. The van der Waals surface area contributed by atoms with Crippen LogP contribution in [0.2, 0.25) is 0 Å². The first-order valence-corrected chi connectivity index (χ1v) is 4.29. The van der Waals surface area contributed by atoms with Crippen molar-refractivity contribution < 1.29 is 9.53 Å². The number of halogens is 3. The molecule has 0 aromatic carbocycles. The molecule has 0 radical (unpaired) electrons. The fourth-order valence-electron chi connectivity index (χ4n) is 0.287. The van der Waals surface area contributed by atoms with E-state index in [2.05, 4.69) is 25.7 Å². The third-order valence-electron chi connectivity index (χ3n) is 0.584. The standard InChI is InChI=1S/C5H6BrCl2NO2/c1-2-11-4(10)9-3-5(6,7)8/h3H,2H2,1H3. The lowest BCUT2D eigenvalue weighted by atomic mass is 10.8. The van der Waals surface area contributed by atoms with E-state index >= 15 is 0 Å². The van der Waals surface area contributed by atoms with E-state index in [0.29, 0.717) is 0 Å². The Morgan fingerprint density at radius 1 is 1.82 bits per heavy atom. The summed E-state index contributed by atoms with van der Waals surface area (Å²) < 4.78 is 3.16. The molecule has 0 N–H and O–H groups in total. The van der Waals surface area contributed by atoms with E-state index in [-0.39, 0.29) is 6.61 Å². The van der Waals surface area contributed by atoms with E-state index in [1.807, 2.05) is 0 Å². The third kappa shape index (κ3) is 8.10. The molecule has 0 aliphatic carbocycles. The van der Waals surface area contributed by atoms with Crippen molar-refractivity contribution in [2.75, 3.05) is 6.61 Å². The number of nitrogens with zero attached hydrogens (tertiary/aromatic N) is 1. The highest BCUT2D eigenvalue weighted by molar-refractivity contribution is 9.11. The third-order valence-corrected chi connectivity index (χ3v) is 0.984. The van der Waals surface area contributed by atoms with Gasteiger partial charge in [-0.3, -0.25) is 0 Å². The van der Waals surface area contributed by atoms with Crippen LogP contribution in [0.5, 0.6) is 0 Å². The average molecular weight is 263 g/mol. The Bertz CT molecular complexity index is 166. The van der Waals surface area contributed by atoms with E-state index in [4.69, 9.17) is 23.2 Å². The number of aliphatic imine (C=N–C) groups is 1. The summed E-state index contributed by atoms with van der Waals surface area (Å²) in [5.41, 5.74) is 0. The summed E-state index contributed by atoms with van der Waals surface area (Å²) in [4.78, 5) is 13.8. The zero-order valence-corrected chi connectivity index (χ0v) is 8.78. The van der Waals surface area contributed by atoms with E-state index in [1.54, 1.807) is 6.92 Å². The Morgan fingerprint density at radius 3 is 2.73 bits per heavy atom. The zero-order chi connectivity index (χ0) is 8.91. The van der Waals surface area contributed by atoms with Crippen molar-refractivity contribution in [1.82, 2.24) is 0 Å². The molecule has 0 aromatic heterocycles. The highest BCUT2D eigenvalue weighted by Gasteiger charge is 2.15. The van der Waals surface area contributed by atoms with Crippen LogP contribution in [0.25, 0.3) is 0 Å². The van der Waals surface area contributed by atoms with Crippen LogP contribution < -0.4 is 0 Å². The van der Waals surface area contributed by atoms with Crippen molar-refractivity contribution in [1.29, 1.82) is 0 Å².